The van der Waals surface area contributed by atoms with E-state index in [1.54, 1.807) is 0 Å². The molecule has 0 radical (unpaired) electrons. The lowest BCUT2D eigenvalue weighted by Crippen LogP contribution is -2.36. The highest BCUT2D eigenvalue weighted by molar-refractivity contribution is 5.26. The summed E-state index contributed by atoms with van der Waals surface area (Å²) in [4.78, 5) is 2.63. The topological polar surface area (TPSA) is 29.3 Å². The lowest BCUT2D eigenvalue weighted by molar-refractivity contribution is 0.155. The molecule has 0 heterocycles. The average Bonchev–Trinajstić information content (AvgIpc) is 2.46. The number of benzene rings is 1. The molecule has 0 atom stereocenters. The minimum atomic E-state index is 0.651. The van der Waals surface area contributed by atoms with Crippen LogP contribution < -0.4 is 5.73 Å². The SMILES string of the molecule is CCN(Cc1ccccc1CN)C1CCCCC1. The van der Waals surface area contributed by atoms with E-state index in [2.05, 4.69) is 36.1 Å². The Labute approximate surface area is 111 Å². The monoisotopic (exact) mass is 246 g/mol. The molecule has 1 aliphatic rings. The van der Waals surface area contributed by atoms with Gasteiger partial charge in [0.05, 0.1) is 0 Å². The summed E-state index contributed by atoms with van der Waals surface area (Å²) in [7, 11) is 0. The fourth-order valence-electron chi connectivity index (χ4n) is 3.07. The maximum absolute atomic E-state index is 5.83. The molecule has 2 rings (SSSR count). The van der Waals surface area contributed by atoms with Gasteiger partial charge in [-0.1, -0.05) is 50.5 Å². The van der Waals surface area contributed by atoms with Crippen LogP contribution in [0.25, 0.3) is 0 Å². The standard InChI is InChI=1S/C16H26N2/c1-2-18(16-10-4-3-5-11-16)13-15-9-7-6-8-14(15)12-17/h6-9,16H,2-5,10-13,17H2,1H3. The summed E-state index contributed by atoms with van der Waals surface area (Å²) in [5.74, 6) is 0. The van der Waals surface area contributed by atoms with Crippen LogP contribution in [-0.4, -0.2) is 17.5 Å². The second-order valence-electron chi connectivity index (χ2n) is 5.33. The lowest BCUT2D eigenvalue weighted by Gasteiger charge is -2.34. The Morgan fingerprint density at radius 3 is 2.39 bits per heavy atom. The molecule has 0 saturated heterocycles. The van der Waals surface area contributed by atoms with E-state index in [9.17, 15) is 0 Å². The fourth-order valence-corrected chi connectivity index (χ4v) is 3.07. The van der Waals surface area contributed by atoms with E-state index in [1.165, 1.54) is 43.2 Å². The quantitative estimate of drug-likeness (QED) is 0.863. The first-order valence-corrected chi connectivity index (χ1v) is 7.36. The van der Waals surface area contributed by atoms with Crippen molar-refractivity contribution in [2.75, 3.05) is 6.54 Å². The summed E-state index contributed by atoms with van der Waals surface area (Å²) in [6, 6.07) is 9.39. The molecule has 2 N–H and O–H groups in total. The molecular weight excluding hydrogens is 220 g/mol. The van der Waals surface area contributed by atoms with Crippen LogP contribution in [-0.2, 0) is 13.1 Å². The largest absolute Gasteiger partial charge is 0.326 e. The maximum Gasteiger partial charge on any atom is 0.0239 e. The molecule has 100 valence electrons. The number of nitrogens with zero attached hydrogens (tertiary/aromatic N) is 1. The molecule has 0 spiro atoms. The van der Waals surface area contributed by atoms with Crippen molar-refractivity contribution in [3.8, 4) is 0 Å². The van der Waals surface area contributed by atoms with Crippen molar-refractivity contribution in [2.24, 2.45) is 5.73 Å². The van der Waals surface area contributed by atoms with Gasteiger partial charge in [0.15, 0.2) is 0 Å². The summed E-state index contributed by atoms with van der Waals surface area (Å²) in [5, 5.41) is 0. The van der Waals surface area contributed by atoms with Crippen molar-refractivity contribution in [1.82, 2.24) is 4.90 Å². The minimum absolute atomic E-state index is 0.651. The van der Waals surface area contributed by atoms with E-state index in [0.717, 1.165) is 19.1 Å². The summed E-state index contributed by atoms with van der Waals surface area (Å²) in [6.07, 6.45) is 6.98. The molecule has 18 heavy (non-hydrogen) atoms. The van der Waals surface area contributed by atoms with Gasteiger partial charge in [0.2, 0.25) is 0 Å². The molecule has 1 fully saturated rings. The zero-order chi connectivity index (χ0) is 12.8. The Hall–Kier alpha value is -0.860. The van der Waals surface area contributed by atoms with Gasteiger partial charge in [-0.15, -0.1) is 0 Å². The zero-order valence-corrected chi connectivity index (χ0v) is 11.6. The molecular formula is C16H26N2. The van der Waals surface area contributed by atoms with Crippen molar-refractivity contribution in [2.45, 2.75) is 58.2 Å². The van der Waals surface area contributed by atoms with E-state index in [1.807, 2.05) is 0 Å². The summed E-state index contributed by atoms with van der Waals surface area (Å²) in [6.45, 7) is 5.14. The first-order valence-electron chi connectivity index (χ1n) is 7.36. The van der Waals surface area contributed by atoms with E-state index in [0.29, 0.717) is 6.54 Å². The third kappa shape index (κ3) is 3.33. The second-order valence-corrected chi connectivity index (χ2v) is 5.33. The van der Waals surface area contributed by atoms with Crippen LogP contribution in [0, 0.1) is 0 Å². The van der Waals surface area contributed by atoms with E-state index in [-0.39, 0.29) is 0 Å². The maximum atomic E-state index is 5.83. The first kappa shape index (κ1) is 13.6. The predicted octanol–water partition coefficient (Wildman–Crippen LogP) is 3.30. The fraction of sp³-hybridized carbons (Fsp3) is 0.625. The number of nitrogens with two attached hydrogens (primary N) is 1. The molecule has 0 bridgehead atoms. The van der Waals surface area contributed by atoms with Crippen LogP contribution in [0.2, 0.25) is 0 Å². The van der Waals surface area contributed by atoms with Gasteiger partial charge in [0.1, 0.15) is 0 Å². The molecule has 1 saturated carbocycles. The normalized spacial score (nSPS) is 17.3. The molecule has 0 unspecified atom stereocenters. The molecule has 0 aliphatic heterocycles. The Bertz CT molecular complexity index is 356. The Morgan fingerprint density at radius 1 is 1.11 bits per heavy atom. The van der Waals surface area contributed by atoms with Crippen LogP contribution >= 0.6 is 0 Å². The van der Waals surface area contributed by atoms with Crippen molar-refractivity contribution in [3.05, 3.63) is 35.4 Å². The molecule has 2 nitrogen and oxygen atoms in total. The summed E-state index contributed by atoms with van der Waals surface area (Å²) < 4.78 is 0. The number of hydrogen-bond acceptors (Lipinski definition) is 2. The van der Waals surface area contributed by atoms with Gasteiger partial charge in [0.25, 0.3) is 0 Å². The van der Waals surface area contributed by atoms with E-state index >= 15 is 0 Å². The van der Waals surface area contributed by atoms with Gasteiger partial charge in [-0.2, -0.15) is 0 Å². The van der Waals surface area contributed by atoms with Gasteiger partial charge in [-0.25, -0.2) is 0 Å². The van der Waals surface area contributed by atoms with Crippen molar-refractivity contribution < 1.29 is 0 Å². The van der Waals surface area contributed by atoms with Gasteiger partial charge >= 0.3 is 0 Å². The second kappa shape index (κ2) is 6.91. The molecule has 0 amide bonds. The van der Waals surface area contributed by atoms with E-state index < -0.39 is 0 Å². The zero-order valence-electron chi connectivity index (χ0n) is 11.6. The third-order valence-electron chi connectivity index (χ3n) is 4.21. The van der Waals surface area contributed by atoms with E-state index in [4.69, 9.17) is 5.73 Å². The molecule has 1 aromatic carbocycles. The highest BCUT2D eigenvalue weighted by Crippen LogP contribution is 2.24. The highest BCUT2D eigenvalue weighted by Gasteiger charge is 2.20. The van der Waals surface area contributed by atoms with Crippen LogP contribution in [0.3, 0.4) is 0 Å². The molecule has 1 aromatic rings. The molecule has 1 aliphatic carbocycles. The number of hydrogen-bond donors (Lipinski definition) is 1. The Balaban J connectivity index is 2.04. The third-order valence-corrected chi connectivity index (χ3v) is 4.21. The summed E-state index contributed by atoms with van der Waals surface area (Å²) >= 11 is 0. The number of rotatable bonds is 5. The van der Waals surface area contributed by atoms with Gasteiger partial charge < -0.3 is 5.73 Å². The Morgan fingerprint density at radius 2 is 1.78 bits per heavy atom. The average molecular weight is 246 g/mol. The van der Waals surface area contributed by atoms with Crippen molar-refractivity contribution in [1.29, 1.82) is 0 Å². The Kier molecular flexibility index (Phi) is 5.21. The molecule has 2 heteroatoms. The first-order chi connectivity index (χ1) is 8.85. The van der Waals surface area contributed by atoms with Crippen molar-refractivity contribution in [3.63, 3.8) is 0 Å². The van der Waals surface area contributed by atoms with Gasteiger partial charge in [0, 0.05) is 19.1 Å². The summed E-state index contributed by atoms with van der Waals surface area (Å²) in [5.41, 5.74) is 8.54. The van der Waals surface area contributed by atoms with Crippen LogP contribution in [0.15, 0.2) is 24.3 Å². The van der Waals surface area contributed by atoms with Gasteiger partial charge in [-0.05, 0) is 30.5 Å². The van der Waals surface area contributed by atoms with Crippen molar-refractivity contribution >= 4 is 0 Å². The lowest BCUT2D eigenvalue weighted by atomic mass is 9.93. The van der Waals surface area contributed by atoms with Gasteiger partial charge in [-0.3, -0.25) is 4.90 Å². The smallest absolute Gasteiger partial charge is 0.0239 e. The molecule has 0 aromatic heterocycles. The predicted molar refractivity (Wildman–Crippen MR) is 77.3 cm³/mol. The van der Waals surface area contributed by atoms with Crippen LogP contribution in [0.4, 0.5) is 0 Å². The highest BCUT2D eigenvalue weighted by atomic mass is 15.1. The minimum Gasteiger partial charge on any atom is -0.326 e. The van der Waals surface area contributed by atoms with Crippen LogP contribution in [0.5, 0.6) is 0 Å². The van der Waals surface area contributed by atoms with Crippen LogP contribution in [0.1, 0.15) is 50.2 Å².